The molecule has 0 amide bonds. The van der Waals surface area contributed by atoms with Crippen molar-refractivity contribution in [3.05, 3.63) is 35.9 Å². The van der Waals surface area contributed by atoms with Crippen molar-refractivity contribution in [3.63, 3.8) is 0 Å². The Kier molecular flexibility index (Phi) is 8.27. The van der Waals surface area contributed by atoms with E-state index in [-0.39, 0.29) is 5.25 Å². The maximum absolute atomic E-state index is 11.4. The summed E-state index contributed by atoms with van der Waals surface area (Å²) in [6.45, 7) is 4.34. The van der Waals surface area contributed by atoms with Crippen molar-refractivity contribution >= 4 is 29.8 Å². The zero-order valence-electron chi connectivity index (χ0n) is 11.2. The first-order chi connectivity index (χ1) is 8.83. The molecule has 18 heavy (non-hydrogen) atoms. The van der Waals surface area contributed by atoms with Gasteiger partial charge >= 0.3 is 0 Å². The lowest BCUT2D eigenvalue weighted by Gasteiger charge is -2.22. The van der Waals surface area contributed by atoms with Gasteiger partial charge < -0.3 is 4.79 Å². The first-order valence-electron chi connectivity index (χ1n) is 6.56. The predicted octanol–water partition coefficient (Wildman–Crippen LogP) is 4.58. The van der Waals surface area contributed by atoms with E-state index >= 15 is 0 Å². The molecule has 0 aromatic heterocycles. The fraction of sp³-hybridized carbons (Fsp3) is 0.533. The Morgan fingerprint density at radius 2 is 1.67 bits per heavy atom. The van der Waals surface area contributed by atoms with Crippen LogP contribution in [0.2, 0.25) is 0 Å². The van der Waals surface area contributed by atoms with Crippen molar-refractivity contribution in [1.82, 2.24) is 0 Å². The van der Waals surface area contributed by atoms with Crippen LogP contribution in [0.4, 0.5) is 0 Å². The van der Waals surface area contributed by atoms with E-state index in [1.54, 1.807) is 11.8 Å². The van der Waals surface area contributed by atoms with Gasteiger partial charge in [0.1, 0.15) is 6.29 Å². The third-order valence-corrected chi connectivity index (χ3v) is 5.73. The molecule has 0 N–H and O–H groups in total. The van der Waals surface area contributed by atoms with Crippen LogP contribution in [-0.2, 0) is 4.79 Å². The van der Waals surface area contributed by atoms with Crippen LogP contribution in [0.5, 0.6) is 0 Å². The van der Waals surface area contributed by atoms with E-state index in [2.05, 4.69) is 38.1 Å². The molecule has 1 aromatic carbocycles. The molecule has 1 aromatic rings. The fourth-order valence-electron chi connectivity index (χ4n) is 1.72. The minimum absolute atomic E-state index is 0.0731. The van der Waals surface area contributed by atoms with Gasteiger partial charge in [-0.3, -0.25) is 0 Å². The molecule has 0 fully saturated rings. The second kappa shape index (κ2) is 9.51. The van der Waals surface area contributed by atoms with E-state index in [0.717, 1.165) is 30.6 Å². The van der Waals surface area contributed by atoms with Crippen LogP contribution >= 0.6 is 23.5 Å². The zero-order valence-corrected chi connectivity index (χ0v) is 12.8. The maximum Gasteiger partial charge on any atom is 0.134 e. The molecule has 2 atom stereocenters. The van der Waals surface area contributed by atoms with Crippen molar-refractivity contribution in [2.75, 3.05) is 11.5 Å². The Labute approximate surface area is 119 Å². The van der Waals surface area contributed by atoms with Crippen LogP contribution in [0.25, 0.3) is 0 Å². The van der Waals surface area contributed by atoms with Gasteiger partial charge in [-0.2, -0.15) is 11.8 Å². The Morgan fingerprint density at radius 3 is 2.22 bits per heavy atom. The van der Waals surface area contributed by atoms with Crippen LogP contribution in [0, 0.1) is 0 Å². The van der Waals surface area contributed by atoms with Gasteiger partial charge in [0.25, 0.3) is 0 Å². The van der Waals surface area contributed by atoms with Crippen LogP contribution < -0.4 is 0 Å². The average Bonchev–Trinajstić information content (AvgIpc) is 2.43. The van der Waals surface area contributed by atoms with Gasteiger partial charge in [-0.1, -0.05) is 44.2 Å². The van der Waals surface area contributed by atoms with Crippen LogP contribution in [0.1, 0.15) is 37.5 Å². The average molecular weight is 282 g/mol. The van der Waals surface area contributed by atoms with Gasteiger partial charge in [0.05, 0.1) is 5.25 Å². The molecule has 0 saturated carbocycles. The summed E-state index contributed by atoms with van der Waals surface area (Å²) in [6, 6.07) is 10.4. The van der Waals surface area contributed by atoms with E-state index in [1.165, 1.54) is 5.56 Å². The lowest BCUT2D eigenvalue weighted by atomic mass is 10.1. The molecule has 0 aliphatic carbocycles. The second-order valence-corrected chi connectivity index (χ2v) is 6.71. The lowest BCUT2D eigenvalue weighted by Crippen LogP contribution is -2.15. The number of hydrogen-bond donors (Lipinski definition) is 0. The van der Waals surface area contributed by atoms with E-state index in [9.17, 15) is 4.79 Å². The summed E-state index contributed by atoms with van der Waals surface area (Å²) in [7, 11) is 0. The van der Waals surface area contributed by atoms with Crippen molar-refractivity contribution in [2.24, 2.45) is 0 Å². The van der Waals surface area contributed by atoms with Crippen molar-refractivity contribution < 1.29 is 4.79 Å². The monoisotopic (exact) mass is 282 g/mol. The quantitative estimate of drug-likeness (QED) is 0.617. The highest BCUT2D eigenvalue weighted by Gasteiger charge is 2.23. The van der Waals surface area contributed by atoms with E-state index in [1.807, 2.05) is 17.8 Å². The van der Waals surface area contributed by atoms with Gasteiger partial charge in [0.15, 0.2) is 0 Å². The molecule has 0 bridgehead atoms. The molecule has 1 nitrogen and oxygen atoms in total. The van der Waals surface area contributed by atoms with Gasteiger partial charge in [-0.05, 0) is 29.9 Å². The Morgan fingerprint density at radius 1 is 1.06 bits per heavy atom. The summed E-state index contributed by atoms with van der Waals surface area (Å²) >= 11 is 3.69. The van der Waals surface area contributed by atoms with Crippen molar-refractivity contribution in [2.45, 2.75) is 37.2 Å². The van der Waals surface area contributed by atoms with E-state index in [4.69, 9.17) is 0 Å². The largest absolute Gasteiger partial charge is 0.302 e. The number of aldehydes is 1. The first kappa shape index (κ1) is 15.6. The Hall–Kier alpha value is -0.410. The number of rotatable bonds is 9. The SMILES string of the molecule is CCCSC(C=O)C(SCCC)c1ccccc1. The fourth-order valence-corrected chi connectivity index (χ4v) is 4.20. The summed E-state index contributed by atoms with van der Waals surface area (Å²) in [4.78, 5) is 11.4. The van der Waals surface area contributed by atoms with E-state index < -0.39 is 0 Å². The molecule has 0 aliphatic heterocycles. The highest BCUT2D eigenvalue weighted by molar-refractivity contribution is 8.03. The third kappa shape index (κ3) is 5.07. The third-order valence-electron chi connectivity index (χ3n) is 2.58. The van der Waals surface area contributed by atoms with Gasteiger partial charge in [0.2, 0.25) is 0 Å². The molecule has 100 valence electrons. The molecule has 0 heterocycles. The van der Waals surface area contributed by atoms with E-state index in [0.29, 0.717) is 5.25 Å². The molecule has 0 saturated heterocycles. The Balaban J connectivity index is 2.78. The molecular weight excluding hydrogens is 260 g/mol. The normalized spacial score (nSPS) is 14.1. The minimum atomic E-state index is 0.0731. The summed E-state index contributed by atoms with van der Waals surface area (Å²) in [6.07, 6.45) is 3.40. The van der Waals surface area contributed by atoms with Gasteiger partial charge in [-0.25, -0.2) is 0 Å². The molecule has 1 rings (SSSR count). The molecule has 0 spiro atoms. The smallest absolute Gasteiger partial charge is 0.134 e. The maximum atomic E-state index is 11.4. The second-order valence-electron chi connectivity index (χ2n) is 4.17. The molecule has 0 radical (unpaired) electrons. The lowest BCUT2D eigenvalue weighted by molar-refractivity contribution is -0.107. The number of benzene rings is 1. The van der Waals surface area contributed by atoms with Crippen molar-refractivity contribution in [3.8, 4) is 0 Å². The number of carbonyl (C=O) groups is 1. The van der Waals surface area contributed by atoms with Crippen LogP contribution in [-0.4, -0.2) is 23.0 Å². The summed E-state index contributed by atoms with van der Waals surface area (Å²) < 4.78 is 0. The summed E-state index contributed by atoms with van der Waals surface area (Å²) in [5.41, 5.74) is 1.27. The standard InChI is InChI=1S/C15H22OS2/c1-3-10-17-14(12-16)15(18-11-4-2)13-8-6-5-7-9-13/h5-9,12,14-15H,3-4,10-11H2,1-2H3. The van der Waals surface area contributed by atoms with Gasteiger partial charge in [-0.15, -0.1) is 11.8 Å². The Bertz CT molecular complexity index is 327. The first-order valence-corrected chi connectivity index (χ1v) is 8.66. The highest BCUT2D eigenvalue weighted by atomic mass is 32.2. The molecular formula is C15H22OS2. The number of thioether (sulfide) groups is 2. The topological polar surface area (TPSA) is 17.1 Å². The molecule has 0 aliphatic rings. The summed E-state index contributed by atoms with van der Waals surface area (Å²) in [5, 5.41) is 0.365. The van der Waals surface area contributed by atoms with Crippen LogP contribution in [0.15, 0.2) is 30.3 Å². The summed E-state index contributed by atoms with van der Waals surface area (Å²) in [5.74, 6) is 2.16. The zero-order chi connectivity index (χ0) is 13.2. The number of carbonyl (C=O) groups excluding carboxylic acids is 1. The minimum Gasteiger partial charge on any atom is -0.302 e. The molecule has 2 unspecified atom stereocenters. The van der Waals surface area contributed by atoms with Gasteiger partial charge in [0, 0.05) is 5.25 Å². The van der Waals surface area contributed by atoms with Crippen molar-refractivity contribution in [1.29, 1.82) is 0 Å². The highest BCUT2D eigenvalue weighted by Crippen LogP contribution is 2.37. The molecule has 3 heteroatoms. The predicted molar refractivity (Wildman–Crippen MR) is 84.5 cm³/mol. The number of hydrogen-bond acceptors (Lipinski definition) is 3. The van der Waals surface area contributed by atoms with Crippen LogP contribution in [0.3, 0.4) is 0 Å².